The maximum absolute atomic E-state index is 13.2. The van der Waals surface area contributed by atoms with Gasteiger partial charge in [0.05, 0.1) is 11.7 Å². The van der Waals surface area contributed by atoms with Crippen LogP contribution in [0, 0.1) is 23.7 Å². The summed E-state index contributed by atoms with van der Waals surface area (Å²) in [5.74, 6) is 1.80. The summed E-state index contributed by atoms with van der Waals surface area (Å²) in [6.07, 6.45) is 5.34. The first-order chi connectivity index (χ1) is 10.4. The van der Waals surface area contributed by atoms with E-state index in [1.807, 2.05) is 13.0 Å². The molecule has 1 heterocycles. The second-order valence-corrected chi connectivity index (χ2v) is 7.56. The van der Waals surface area contributed by atoms with E-state index in [9.17, 15) is 9.90 Å². The van der Waals surface area contributed by atoms with Crippen LogP contribution in [0.5, 0.6) is 0 Å². The van der Waals surface area contributed by atoms with Crippen molar-refractivity contribution in [1.82, 2.24) is 0 Å². The van der Waals surface area contributed by atoms with Gasteiger partial charge in [0.1, 0.15) is 0 Å². The molecule has 0 unspecified atom stereocenters. The van der Waals surface area contributed by atoms with Crippen LogP contribution in [0.25, 0.3) is 0 Å². The first-order valence-corrected chi connectivity index (χ1v) is 8.64. The van der Waals surface area contributed by atoms with Gasteiger partial charge < -0.3 is 9.84 Å². The minimum Gasteiger partial charge on any atom is -0.396 e. The third kappa shape index (κ3) is 2.13. The van der Waals surface area contributed by atoms with Crippen LogP contribution in [0.2, 0.25) is 0 Å². The summed E-state index contributed by atoms with van der Waals surface area (Å²) in [6.45, 7) is 10.5. The van der Waals surface area contributed by atoms with Gasteiger partial charge in [0, 0.05) is 18.1 Å². The molecule has 0 spiro atoms. The molecule has 0 aromatic rings. The number of carbonyl (C=O) groups excluding carboxylic acids is 1. The van der Waals surface area contributed by atoms with Gasteiger partial charge in [0.15, 0.2) is 5.78 Å². The zero-order valence-corrected chi connectivity index (χ0v) is 14.0. The monoisotopic (exact) mass is 304 g/mol. The van der Waals surface area contributed by atoms with Crippen LogP contribution in [-0.2, 0) is 9.53 Å². The number of carbonyl (C=O) groups is 1. The summed E-state index contributed by atoms with van der Waals surface area (Å²) in [4.78, 5) is 13.2. The summed E-state index contributed by atoms with van der Waals surface area (Å²) in [7, 11) is 0. The number of ketones is 1. The van der Waals surface area contributed by atoms with E-state index in [-0.39, 0.29) is 18.6 Å². The summed E-state index contributed by atoms with van der Waals surface area (Å²) >= 11 is 0. The zero-order valence-electron chi connectivity index (χ0n) is 14.0. The Balaban J connectivity index is 2.06. The van der Waals surface area contributed by atoms with E-state index in [4.69, 9.17) is 4.74 Å². The van der Waals surface area contributed by atoms with E-state index in [2.05, 4.69) is 20.4 Å². The van der Waals surface area contributed by atoms with Crippen molar-refractivity contribution in [3.63, 3.8) is 0 Å². The average molecular weight is 304 g/mol. The summed E-state index contributed by atoms with van der Waals surface area (Å²) < 4.78 is 6.26. The molecule has 0 aromatic carbocycles. The zero-order chi connectivity index (χ0) is 16.1. The molecule has 2 aliphatic carbocycles. The molecule has 1 N–H and O–H groups in total. The quantitative estimate of drug-likeness (QED) is 0.811. The van der Waals surface area contributed by atoms with Crippen molar-refractivity contribution in [1.29, 1.82) is 0 Å². The van der Waals surface area contributed by atoms with Crippen LogP contribution in [-0.4, -0.2) is 29.2 Å². The lowest BCUT2D eigenvalue weighted by molar-refractivity contribution is -0.124. The molecule has 0 amide bonds. The first-order valence-electron chi connectivity index (χ1n) is 8.64. The number of hydrogen-bond donors (Lipinski definition) is 1. The second kappa shape index (κ2) is 5.61. The topological polar surface area (TPSA) is 46.5 Å². The van der Waals surface area contributed by atoms with E-state index >= 15 is 0 Å². The Morgan fingerprint density at radius 2 is 2.14 bits per heavy atom. The van der Waals surface area contributed by atoms with Gasteiger partial charge in [-0.05, 0) is 55.9 Å². The minimum absolute atomic E-state index is 0.131. The normalized spacial score (nSPS) is 44.2. The molecule has 3 nitrogen and oxygen atoms in total. The molecule has 1 aliphatic heterocycles. The van der Waals surface area contributed by atoms with Gasteiger partial charge in [-0.25, -0.2) is 0 Å². The highest BCUT2D eigenvalue weighted by molar-refractivity contribution is 6.02. The van der Waals surface area contributed by atoms with Gasteiger partial charge in [-0.2, -0.15) is 0 Å². The fraction of sp³-hybridized carbons (Fsp3) is 0.737. The lowest BCUT2D eigenvalue weighted by Crippen LogP contribution is -2.40. The number of aliphatic hydroxyl groups excluding tert-OH is 1. The van der Waals surface area contributed by atoms with E-state index < -0.39 is 5.60 Å². The van der Waals surface area contributed by atoms with Gasteiger partial charge in [-0.15, -0.1) is 6.58 Å². The van der Waals surface area contributed by atoms with E-state index in [1.54, 1.807) is 0 Å². The van der Waals surface area contributed by atoms with Crippen LogP contribution in [0.4, 0.5) is 0 Å². The number of Topliss-reactive ketones (excluding diaryl/α,β-unsaturated/α-hetero) is 1. The van der Waals surface area contributed by atoms with Gasteiger partial charge >= 0.3 is 0 Å². The molecule has 6 atom stereocenters. The van der Waals surface area contributed by atoms with Gasteiger partial charge in [-0.3, -0.25) is 4.79 Å². The molecule has 1 fully saturated rings. The van der Waals surface area contributed by atoms with E-state index in [1.165, 1.54) is 5.57 Å². The van der Waals surface area contributed by atoms with E-state index in [0.29, 0.717) is 36.4 Å². The van der Waals surface area contributed by atoms with Crippen molar-refractivity contribution >= 4 is 5.78 Å². The lowest BCUT2D eigenvalue weighted by atomic mass is 9.65. The third-order valence-electron chi connectivity index (χ3n) is 6.25. The van der Waals surface area contributed by atoms with Crippen molar-refractivity contribution in [2.45, 2.75) is 58.2 Å². The molecule has 1 saturated carbocycles. The van der Waals surface area contributed by atoms with Crippen molar-refractivity contribution in [2.24, 2.45) is 23.7 Å². The Kier molecular flexibility index (Phi) is 4.07. The maximum Gasteiger partial charge on any atom is 0.165 e. The van der Waals surface area contributed by atoms with Crippen molar-refractivity contribution in [3.05, 3.63) is 23.8 Å². The van der Waals surface area contributed by atoms with Crippen LogP contribution < -0.4 is 0 Å². The standard InChI is InChI=1S/C19H28O3/c1-5-14-16-12(3)13-8-7-11(2)15(13)18(21)17(16)19(4,22-14)9-6-10-20/h5,11-15,20H,1,6-10H2,2-4H3/t11-,12-,13-,14+,15-,19-/m0/s1. The number of rotatable bonds is 4. The Bertz CT molecular complexity index is 521. The largest absolute Gasteiger partial charge is 0.396 e. The molecule has 22 heavy (non-hydrogen) atoms. The second-order valence-electron chi connectivity index (χ2n) is 7.56. The fourth-order valence-corrected chi connectivity index (χ4v) is 5.16. The number of ether oxygens (including phenoxy) is 1. The molecule has 3 heteroatoms. The van der Waals surface area contributed by atoms with Crippen molar-refractivity contribution in [3.8, 4) is 0 Å². The predicted octanol–water partition coefficient (Wildman–Crippen LogP) is 3.28. The SMILES string of the molecule is C=C[C@H]1O[C@@](C)(CCCO)C2=C1[C@@H](C)[C@@H]1CC[C@H](C)[C@@H]1C2=O. The Morgan fingerprint density at radius 3 is 2.77 bits per heavy atom. The molecular weight excluding hydrogens is 276 g/mol. The summed E-state index contributed by atoms with van der Waals surface area (Å²) in [6, 6.07) is 0. The molecule has 0 saturated heterocycles. The smallest absolute Gasteiger partial charge is 0.165 e. The number of aliphatic hydroxyl groups is 1. The van der Waals surface area contributed by atoms with Gasteiger partial charge in [0.25, 0.3) is 0 Å². The highest BCUT2D eigenvalue weighted by atomic mass is 16.5. The molecule has 0 bridgehead atoms. The van der Waals surface area contributed by atoms with Crippen LogP contribution in [0.1, 0.15) is 46.5 Å². The lowest BCUT2D eigenvalue weighted by Gasteiger charge is -2.36. The van der Waals surface area contributed by atoms with Crippen molar-refractivity contribution < 1.29 is 14.6 Å². The van der Waals surface area contributed by atoms with Gasteiger partial charge in [0.2, 0.25) is 0 Å². The maximum atomic E-state index is 13.2. The molecular formula is C19H28O3. The van der Waals surface area contributed by atoms with Crippen LogP contribution in [0.15, 0.2) is 23.8 Å². The van der Waals surface area contributed by atoms with Crippen LogP contribution in [0.3, 0.4) is 0 Å². The minimum atomic E-state index is -0.560. The average Bonchev–Trinajstić information content (AvgIpc) is 3.02. The molecule has 3 aliphatic rings. The molecule has 0 radical (unpaired) electrons. The third-order valence-corrected chi connectivity index (χ3v) is 6.25. The highest BCUT2D eigenvalue weighted by Gasteiger charge is 2.56. The summed E-state index contributed by atoms with van der Waals surface area (Å²) in [5.41, 5.74) is 1.53. The highest BCUT2D eigenvalue weighted by Crippen LogP contribution is 2.55. The van der Waals surface area contributed by atoms with Crippen LogP contribution >= 0.6 is 0 Å². The predicted molar refractivity (Wildman–Crippen MR) is 86.4 cm³/mol. The Labute approximate surface area is 133 Å². The number of fused-ring (bicyclic) bond motifs is 1. The fourth-order valence-electron chi connectivity index (χ4n) is 5.16. The Hall–Kier alpha value is -0.930. The number of hydrogen-bond acceptors (Lipinski definition) is 3. The summed E-state index contributed by atoms with van der Waals surface area (Å²) in [5, 5.41) is 9.19. The Morgan fingerprint density at radius 1 is 1.41 bits per heavy atom. The molecule has 0 aromatic heterocycles. The van der Waals surface area contributed by atoms with Crippen molar-refractivity contribution in [2.75, 3.05) is 6.61 Å². The first kappa shape index (κ1) is 15.9. The van der Waals surface area contributed by atoms with E-state index in [0.717, 1.165) is 18.4 Å². The molecule has 3 rings (SSSR count). The molecule has 122 valence electrons. The van der Waals surface area contributed by atoms with Gasteiger partial charge in [-0.1, -0.05) is 19.9 Å².